The predicted molar refractivity (Wildman–Crippen MR) is 92.6 cm³/mol. The van der Waals surface area contributed by atoms with Gasteiger partial charge in [-0.2, -0.15) is 5.43 Å². The molecule has 3 amide bonds. The number of carbonyl (C=O) groups excluding carboxylic acids is 2. The number of rotatable bonds is 4. The lowest BCUT2D eigenvalue weighted by molar-refractivity contribution is -0.674. The van der Waals surface area contributed by atoms with Gasteiger partial charge in [0.1, 0.15) is 0 Å². The van der Waals surface area contributed by atoms with Gasteiger partial charge in [0.05, 0.1) is 12.1 Å². The highest BCUT2D eigenvalue weighted by molar-refractivity contribution is 6.01. The zero-order chi connectivity index (χ0) is 17.6. The lowest BCUT2D eigenvalue weighted by Gasteiger charge is -2.06. The van der Waals surface area contributed by atoms with E-state index in [1.54, 1.807) is 31.3 Å². The molecule has 0 aliphatic heterocycles. The smallest absolute Gasteiger partial charge is 0.317 e. The molecule has 0 spiro atoms. The van der Waals surface area contributed by atoms with Gasteiger partial charge in [-0.25, -0.2) is 9.36 Å². The van der Waals surface area contributed by atoms with Gasteiger partial charge in [-0.3, -0.25) is 4.79 Å². The molecule has 0 atom stereocenters. The lowest BCUT2D eigenvalue weighted by Crippen LogP contribution is -2.41. The maximum absolute atomic E-state index is 12.5. The molecule has 3 N–H and O–H groups in total. The van der Waals surface area contributed by atoms with Crippen LogP contribution in [0.3, 0.4) is 0 Å². The van der Waals surface area contributed by atoms with Gasteiger partial charge in [-0.1, -0.05) is 36.4 Å². The van der Waals surface area contributed by atoms with Crippen molar-refractivity contribution in [1.29, 1.82) is 0 Å². The zero-order valence-electron chi connectivity index (χ0n) is 13.5. The average Bonchev–Trinajstić information content (AvgIpc) is 2.97. The van der Waals surface area contributed by atoms with Crippen molar-refractivity contribution in [3.63, 3.8) is 0 Å². The molecule has 0 radical (unpaired) electrons. The van der Waals surface area contributed by atoms with E-state index in [4.69, 9.17) is 0 Å². The molecule has 3 rings (SSSR count). The Morgan fingerprint density at radius 2 is 1.48 bits per heavy atom. The van der Waals surface area contributed by atoms with Gasteiger partial charge in [0, 0.05) is 16.2 Å². The Labute approximate surface area is 144 Å². The number of aryl methyl sites for hydroxylation is 1. The second-order valence-corrected chi connectivity index (χ2v) is 5.23. The fourth-order valence-electron chi connectivity index (χ4n) is 2.21. The molecule has 25 heavy (non-hydrogen) atoms. The Kier molecular flexibility index (Phi) is 4.70. The van der Waals surface area contributed by atoms with E-state index in [1.165, 1.54) is 10.9 Å². The third kappa shape index (κ3) is 3.99. The average molecular weight is 337 g/mol. The molecule has 0 aliphatic carbocycles. The number of carbonyl (C=O) groups is 2. The summed E-state index contributed by atoms with van der Waals surface area (Å²) in [4.78, 5) is 25.7. The summed E-state index contributed by atoms with van der Waals surface area (Å²) < 4.78 is 1.51. The molecule has 8 heteroatoms. The van der Waals surface area contributed by atoms with Crippen LogP contribution in [0.15, 0.2) is 67.0 Å². The molecule has 0 fully saturated rings. The van der Waals surface area contributed by atoms with Crippen LogP contribution in [-0.4, -0.2) is 21.8 Å². The van der Waals surface area contributed by atoms with Gasteiger partial charge < -0.3 is 10.6 Å². The number of benzene rings is 2. The van der Waals surface area contributed by atoms with E-state index in [1.807, 2.05) is 36.4 Å². The van der Waals surface area contributed by atoms with E-state index in [0.717, 1.165) is 4.79 Å². The van der Waals surface area contributed by atoms with Gasteiger partial charge in [0.25, 0.3) is 6.33 Å². The summed E-state index contributed by atoms with van der Waals surface area (Å²) >= 11 is 0. The van der Waals surface area contributed by atoms with Crippen molar-refractivity contribution >= 4 is 23.3 Å². The van der Waals surface area contributed by atoms with Crippen LogP contribution in [0, 0.1) is 0 Å². The normalized spacial score (nSPS) is 10.1. The highest BCUT2D eigenvalue weighted by Gasteiger charge is 2.26. The summed E-state index contributed by atoms with van der Waals surface area (Å²) in [5.74, 6) is -0.224. The van der Waals surface area contributed by atoms with Gasteiger partial charge in [-0.05, 0) is 24.3 Å². The number of hydrogen-bond donors (Lipinski definition) is 3. The van der Waals surface area contributed by atoms with E-state index in [2.05, 4.69) is 21.2 Å². The van der Waals surface area contributed by atoms with Gasteiger partial charge in [0.2, 0.25) is 0 Å². The van der Waals surface area contributed by atoms with E-state index >= 15 is 0 Å². The topological polar surface area (TPSA) is 91.9 Å². The molecule has 0 unspecified atom stereocenters. The quantitative estimate of drug-likeness (QED) is 0.633. The third-order valence-electron chi connectivity index (χ3n) is 3.35. The third-order valence-corrected chi connectivity index (χ3v) is 3.35. The van der Waals surface area contributed by atoms with Crippen LogP contribution >= 0.6 is 0 Å². The van der Waals surface area contributed by atoms with E-state index in [0.29, 0.717) is 11.4 Å². The number of nitrogens with zero attached hydrogens (tertiary/aromatic N) is 3. The van der Waals surface area contributed by atoms with Gasteiger partial charge in [0.15, 0.2) is 0 Å². The van der Waals surface area contributed by atoms with Crippen LogP contribution in [0.5, 0.6) is 0 Å². The Balaban J connectivity index is 1.73. The van der Waals surface area contributed by atoms with Gasteiger partial charge in [-0.15, -0.1) is 0 Å². The molecule has 0 bridgehead atoms. The molecular formula is C17H17N6O2+. The van der Waals surface area contributed by atoms with Crippen LogP contribution in [0.2, 0.25) is 0 Å². The lowest BCUT2D eigenvalue weighted by atomic mass is 10.3. The minimum absolute atomic E-state index is 0.173. The molecule has 1 aromatic heterocycles. The van der Waals surface area contributed by atoms with E-state index in [-0.39, 0.29) is 5.82 Å². The summed E-state index contributed by atoms with van der Waals surface area (Å²) in [7, 11) is 1.67. The number of hydrogen-bond acceptors (Lipinski definition) is 3. The van der Waals surface area contributed by atoms with Crippen molar-refractivity contribution in [3.05, 3.63) is 72.8 Å². The van der Waals surface area contributed by atoms with Crippen LogP contribution < -0.4 is 20.6 Å². The highest BCUT2D eigenvalue weighted by Crippen LogP contribution is 2.07. The second kappa shape index (κ2) is 7.26. The zero-order valence-corrected chi connectivity index (χ0v) is 13.5. The minimum Gasteiger partial charge on any atom is -0.317 e. The van der Waals surface area contributed by atoms with Crippen molar-refractivity contribution in [2.45, 2.75) is 0 Å². The van der Waals surface area contributed by atoms with Crippen molar-refractivity contribution in [2.75, 3.05) is 16.1 Å². The highest BCUT2D eigenvalue weighted by atomic mass is 16.2. The monoisotopic (exact) mass is 337 g/mol. The van der Waals surface area contributed by atoms with Crippen molar-refractivity contribution in [2.24, 2.45) is 7.05 Å². The number of aromatic nitrogens is 3. The summed E-state index contributed by atoms with van der Waals surface area (Å²) in [6.45, 7) is 0. The Morgan fingerprint density at radius 3 is 2.08 bits per heavy atom. The number of urea groups is 1. The largest absolute Gasteiger partial charge is 0.352 e. The number of anilines is 2. The van der Waals surface area contributed by atoms with E-state index < -0.39 is 11.9 Å². The second-order valence-electron chi connectivity index (χ2n) is 5.23. The van der Waals surface area contributed by atoms with Crippen LogP contribution in [-0.2, 0) is 7.05 Å². The first-order chi connectivity index (χ1) is 12.1. The molecule has 2 aromatic carbocycles. The molecule has 1 heterocycles. The number of nitrogens with one attached hydrogen (secondary N) is 3. The molecule has 8 nitrogen and oxygen atoms in total. The summed E-state index contributed by atoms with van der Waals surface area (Å²) in [6.07, 6.45) is 1.43. The van der Waals surface area contributed by atoms with Gasteiger partial charge >= 0.3 is 17.8 Å². The van der Waals surface area contributed by atoms with Crippen molar-refractivity contribution in [1.82, 2.24) is 9.89 Å². The molecule has 0 saturated heterocycles. The summed E-state index contributed by atoms with van der Waals surface area (Å²) in [5.41, 5.74) is 3.80. The fraction of sp³-hybridized carbons (Fsp3) is 0.0588. The van der Waals surface area contributed by atoms with Crippen LogP contribution in [0.4, 0.5) is 16.2 Å². The fourth-order valence-corrected chi connectivity index (χ4v) is 2.21. The maximum Gasteiger partial charge on any atom is 0.352 e. The first-order valence-electron chi connectivity index (χ1n) is 7.56. The standard InChI is InChI=1S/C17H16N6O2/c1-22-12-18-23(21-17(25)20-14-10-6-3-7-11-14)16(22)15(24)19-13-8-4-2-5-9-13/h2-12H,1H3,(H2-,19,20,21,24,25)/p+1. The predicted octanol–water partition coefficient (Wildman–Crippen LogP) is 1.74. The Bertz CT molecular complexity index is 877. The Morgan fingerprint density at radius 1 is 0.920 bits per heavy atom. The maximum atomic E-state index is 12.5. The van der Waals surface area contributed by atoms with Crippen LogP contribution in [0.25, 0.3) is 0 Å². The molecule has 0 aliphatic rings. The molecular weight excluding hydrogens is 320 g/mol. The van der Waals surface area contributed by atoms with Crippen molar-refractivity contribution in [3.8, 4) is 0 Å². The molecule has 126 valence electrons. The number of para-hydroxylation sites is 2. The first-order valence-corrected chi connectivity index (χ1v) is 7.56. The summed E-state index contributed by atoms with van der Waals surface area (Å²) in [5, 5.41) is 9.43. The number of amides is 3. The molecule has 0 saturated carbocycles. The van der Waals surface area contributed by atoms with Crippen LogP contribution in [0.1, 0.15) is 10.6 Å². The van der Waals surface area contributed by atoms with E-state index in [9.17, 15) is 9.59 Å². The minimum atomic E-state index is -0.510. The SMILES string of the molecule is C[n+]1cnn(NC(=O)Nc2ccccc2)c1C(=O)Nc1ccccc1. The summed E-state index contributed by atoms with van der Waals surface area (Å²) in [6, 6.07) is 17.5. The van der Waals surface area contributed by atoms with Crippen molar-refractivity contribution < 1.29 is 14.2 Å². The Hall–Kier alpha value is -3.68. The first kappa shape index (κ1) is 16.2. The molecule has 3 aromatic rings.